The number of hydrogen-bond acceptors (Lipinski definition) is 2. The van der Waals surface area contributed by atoms with Crippen LogP contribution in [0, 0.1) is 17.3 Å². The molecule has 5 rings (SSSR count). The van der Waals surface area contributed by atoms with Crippen molar-refractivity contribution in [1.82, 2.24) is 4.90 Å². The maximum Gasteiger partial charge on any atom is 0.223 e. The SMILES string of the molecule is CCN(CC1CCCO1)C(=O)CC12CC3CC(CC(Br)(C3)C1)C2. The molecule has 4 saturated carbocycles. The maximum atomic E-state index is 13.0. The number of hydrogen-bond donors (Lipinski definition) is 0. The van der Waals surface area contributed by atoms with E-state index >= 15 is 0 Å². The van der Waals surface area contributed by atoms with Gasteiger partial charge in [0.25, 0.3) is 0 Å². The second-order valence-electron chi connectivity index (χ2n) is 8.86. The lowest BCUT2D eigenvalue weighted by Gasteiger charge is -2.60. The summed E-state index contributed by atoms with van der Waals surface area (Å²) >= 11 is 4.06. The molecule has 0 aromatic carbocycles. The zero-order valence-corrected chi connectivity index (χ0v) is 15.9. The number of carbonyl (C=O) groups is 1. The van der Waals surface area contributed by atoms with E-state index in [1.807, 2.05) is 0 Å². The molecule has 3 nitrogen and oxygen atoms in total. The number of rotatable bonds is 5. The molecule has 3 atom stereocenters. The van der Waals surface area contributed by atoms with E-state index in [1.165, 1.54) is 38.5 Å². The predicted molar refractivity (Wildman–Crippen MR) is 94.6 cm³/mol. The average molecular weight is 384 g/mol. The summed E-state index contributed by atoms with van der Waals surface area (Å²) in [7, 11) is 0. The van der Waals surface area contributed by atoms with Gasteiger partial charge in [0, 0.05) is 30.4 Å². The molecule has 0 spiro atoms. The molecule has 0 aromatic rings. The van der Waals surface area contributed by atoms with E-state index in [9.17, 15) is 4.79 Å². The summed E-state index contributed by atoms with van der Waals surface area (Å²) in [5, 5.41) is 0. The van der Waals surface area contributed by atoms with Crippen LogP contribution in [-0.4, -0.2) is 40.9 Å². The molecular formula is C19H30BrNO2. The van der Waals surface area contributed by atoms with Crippen molar-refractivity contribution in [2.45, 2.75) is 75.1 Å². The normalized spacial score (nSPS) is 44.7. The van der Waals surface area contributed by atoms with Gasteiger partial charge in [-0.15, -0.1) is 0 Å². The highest BCUT2D eigenvalue weighted by atomic mass is 79.9. The van der Waals surface area contributed by atoms with Crippen LogP contribution in [0.1, 0.15) is 64.7 Å². The Morgan fingerprint density at radius 3 is 2.57 bits per heavy atom. The number of alkyl halides is 1. The van der Waals surface area contributed by atoms with Crippen LogP contribution in [0.3, 0.4) is 0 Å². The van der Waals surface area contributed by atoms with E-state index in [-0.39, 0.29) is 11.5 Å². The van der Waals surface area contributed by atoms with E-state index in [4.69, 9.17) is 4.74 Å². The van der Waals surface area contributed by atoms with Crippen molar-refractivity contribution in [3.05, 3.63) is 0 Å². The van der Waals surface area contributed by atoms with E-state index < -0.39 is 0 Å². The maximum absolute atomic E-state index is 13.0. The fourth-order valence-electron chi connectivity index (χ4n) is 6.42. The van der Waals surface area contributed by atoms with Gasteiger partial charge in [-0.2, -0.15) is 0 Å². The van der Waals surface area contributed by atoms with Crippen LogP contribution in [0.4, 0.5) is 0 Å². The molecule has 1 aliphatic heterocycles. The molecule has 3 unspecified atom stereocenters. The largest absolute Gasteiger partial charge is 0.376 e. The topological polar surface area (TPSA) is 29.5 Å². The molecule has 1 amide bonds. The third-order valence-electron chi connectivity index (χ3n) is 6.82. The molecule has 23 heavy (non-hydrogen) atoms. The summed E-state index contributed by atoms with van der Waals surface area (Å²) in [6.07, 6.45) is 11.2. The summed E-state index contributed by atoms with van der Waals surface area (Å²) < 4.78 is 6.09. The van der Waals surface area contributed by atoms with Crippen LogP contribution in [-0.2, 0) is 9.53 Å². The lowest BCUT2D eigenvalue weighted by Crippen LogP contribution is -2.54. The summed E-state index contributed by atoms with van der Waals surface area (Å²) in [5.74, 6) is 2.09. The molecule has 0 radical (unpaired) electrons. The van der Waals surface area contributed by atoms with Gasteiger partial charge in [-0.05, 0) is 75.5 Å². The smallest absolute Gasteiger partial charge is 0.223 e. The number of halogens is 1. The molecule has 1 heterocycles. The van der Waals surface area contributed by atoms with Gasteiger partial charge in [0.2, 0.25) is 5.91 Å². The van der Waals surface area contributed by atoms with Gasteiger partial charge in [-0.3, -0.25) is 4.79 Å². The highest BCUT2D eigenvalue weighted by Gasteiger charge is 2.57. The van der Waals surface area contributed by atoms with Gasteiger partial charge in [0.15, 0.2) is 0 Å². The molecular weight excluding hydrogens is 354 g/mol. The van der Waals surface area contributed by atoms with Gasteiger partial charge >= 0.3 is 0 Å². The Labute approximate surface area is 148 Å². The second-order valence-corrected chi connectivity index (χ2v) is 10.5. The van der Waals surface area contributed by atoms with Gasteiger partial charge in [-0.25, -0.2) is 0 Å². The van der Waals surface area contributed by atoms with Crippen LogP contribution < -0.4 is 0 Å². The minimum atomic E-state index is 0.276. The Kier molecular flexibility index (Phi) is 4.28. The highest BCUT2D eigenvalue weighted by Crippen LogP contribution is 2.65. The standard InChI is InChI=1S/C19H30BrNO2/c1-2-21(12-16-4-3-5-23-16)17(22)11-18-7-14-6-15(8-18)10-19(20,9-14)13-18/h14-16H,2-13H2,1H3. The number of likely N-dealkylation sites (N-methyl/N-ethyl adjacent to an activating group) is 1. The molecule has 1 saturated heterocycles. The Morgan fingerprint density at radius 1 is 1.26 bits per heavy atom. The minimum absolute atomic E-state index is 0.276. The Balaban J connectivity index is 1.43. The molecule has 0 N–H and O–H groups in total. The monoisotopic (exact) mass is 383 g/mol. The quantitative estimate of drug-likeness (QED) is 0.667. The van der Waals surface area contributed by atoms with Crippen molar-refractivity contribution in [2.75, 3.05) is 19.7 Å². The van der Waals surface area contributed by atoms with E-state index in [0.29, 0.717) is 10.2 Å². The van der Waals surface area contributed by atoms with Crippen LogP contribution in [0.5, 0.6) is 0 Å². The lowest BCUT2D eigenvalue weighted by molar-refractivity contribution is -0.139. The summed E-state index contributed by atoms with van der Waals surface area (Å²) in [5.41, 5.74) is 0.286. The Hall–Kier alpha value is -0.0900. The van der Waals surface area contributed by atoms with Crippen molar-refractivity contribution in [3.8, 4) is 0 Å². The number of amides is 1. The molecule has 4 aliphatic carbocycles. The van der Waals surface area contributed by atoms with Gasteiger partial charge in [0.05, 0.1) is 6.10 Å². The van der Waals surface area contributed by atoms with E-state index in [1.54, 1.807) is 0 Å². The van der Waals surface area contributed by atoms with Gasteiger partial charge < -0.3 is 9.64 Å². The molecule has 0 aromatic heterocycles. The first-order valence-electron chi connectivity index (χ1n) is 9.58. The zero-order valence-electron chi connectivity index (χ0n) is 14.4. The molecule has 5 fully saturated rings. The summed E-state index contributed by atoms with van der Waals surface area (Å²) in [4.78, 5) is 15.1. The molecule has 4 bridgehead atoms. The molecule has 4 heteroatoms. The van der Waals surface area contributed by atoms with Gasteiger partial charge in [-0.1, -0.05) is 15.9 Å². The molecule has 130 valence electrons. The van der Waals surface area contributed by atoms with Crippen molar-refractivity contribution in [3.63, 3.8) is 0 Å². The Morgan fingerprint density at radius 2 is 2.00 bits per heavy atom. The van der Waals surface area contributed by atoms with Crippen molar-refractivity contribution in [2.24, 2.45) is 17.3 Å². The minimum Gasteiger partial charge on any atom is -0.376 e. The Bertz CT molecular complexity index is 460. The summed E-state index contributed by atoms with van der Waals surface area (Å²) in [6.45, 7) is 4.60. The van der Waals surface area contributed by atoms with Crippen LogP contribution in [0.2, 0.25) is 0 Å². The van der Waals surface area contributed by atoms with Crippen LogP contribution >= 0.6 is 15.9 Å². The van der Waals surface area contributed by atoms with Crippen LogP contribution in [0.15, 0.2) is 0 Å². The van der Waals surface area contributed by atoms with Crippen molar-refractivity contribution >= 4 is 21.8 Å². The predicted octanol–water partition coefficient (Wildman–Crippen LogP) is 4.14. The third kappa shape index (κ3) is 3.22. The van der Waals surface area contributed by atoms with E-state index in [0.717, 1.165) is 50.8 Å². The first-order chi connectivity index (χ1) is 11.0. The summed E-state index contributed by atoms with van der Waals surface area (Å²) in [6, 6.07) is 0. The van der Waals surface area contributed by atoms with E-state index in [2.05, 4.69) is 27.8 Å². The number of nitrogens with zero attached hydrogens (tertiary/aromatic N) is 1. The van der Waals surface area contributed by atoms with Crippen molar-refractivity contribution < 1.29 is 9.53 Å². The second kappa shape index (κ2) is 6.01. The lowest BCUT2D eigenvalue weighted by atomic mass is 9.48. The van der Waals surface area contributed by atoms with Crippen molar-refractivity contribution in [1.29, 1.82) is 0 Å². The zero-order chi connectivity index (χ0) is 16.1. The fraction of sp³-hybridized carbons (Fsp3) is 0.947. The van der Waals surface area contributed by atoms with Crippen LogP contribution in [0.25, 0.3) is 0 Å². The average Bonchev–Trinajstić information content (AvgIpc) is 2.94. The fourth-order valence-corrected chi connectivity index (χ4v) is 7.93. The molecule has 5 aliphatic rings. The highest BCUT2D eigenvalue weighted by molar-refractivity contribution is 9.10. The first kappa shape index (κ1) is 16.4. The number of carbonyl (C=O) groups excluding carboxylic acids is 1. The first-order valence-corrected chi connectivity index (χ1v) is 10.4. The third-order valence-corrected chi connectivity index (χ3v) is 7.75. The number of ether oxygens (including phenoxy) is 1. The van der Waals surface area contributed by atoms with Gasteiger partial charge in [0.1, 0.15) is 0 Å².